The number of rotatable bonds is 9. The summed E-state index contributed by atoms with van der Waals surface area (Å²) in [5.41, 5.74) is 2.49. The molecule has 15 heavy (non-hydrogen) atoms. The zero-order valence-corrected chi connectivity index (χ0v) is 10.7. The Hall–Kier alpha value is -0.720. The lowest BCUT2D eigenvalue weighted by molar-refractivity contribution is 0.640. The highest BCUT2D eigenvalue weighted by atomic mass is 14.9. The minimum Gasteiger partial charge on any atom is -0.389 e. The van der Waals surface area contributed by atoms with Gasteiger partial charge in [-0.15, -0.1) is 0 Å². The topological polar surface area (TPSA) is 12.0 Å². The van der Waals surface area contributed by atoms with Gasteiger partial charge in [-0.05, 0) is 25.2 Å². The van der Waals surface area contributed by atoms with Crippen LogP contribution in [0.15, 0.2) is 24.4 Å². The van der Waals surface area contributed by atoms with Gasteiger partial charge in [0, 0.05) is 12.2 Å². The molecule has 0 unspecified atom stereocenters. The summed E-state index contributed by atoms with van der Waals surface area (Å²) in [6.45, 7) is 15.8. The van der Waals surface area contributed by atoms with E-state index in [-0.39, 0.29) is 0 Å². The summed E-state index contributed by atoms with van der Waals surface area (Å²) < 4.78 is 0. The average molecular weight is 209 g/mol. The summed E-state index contributed by atoms with van der Waals surface area (Å²) in [7, 11) is 0. The Morgan fingerprint density at radius 2 is 1.80 bits per heavy atom. The third kappa shape index (κ3) is 8.29. The van der Waals surface area contributed by atoms with E-state index < -0.39 is 0 Å². The molecular formula is C14H27N. The first-order valence-electron chi connectivity index (χ1n) is 6.17. The molecule has 0 aliphatic rings. The van der Waals surface area contributed by atoms with Gasteiger partial charge in [0.1, 0.15) is 0 Å². The van der Waals surface area contributed by atoms with Crippen molar-refractivity contribution in [3.8, 4) is 0 Å². The van der Waals surface area contributed by atoms with Crippen molar-refractivity contribution in [1.82, 2.24) is 5.32 Å². The van der Waals surface area contributed by atoms with Crippen LogP contribution in [0.4, 0.5) is 0 Å². The van der Waals surface area contributed by atoms with Gasteiger partial charge >= 0.3 is 0 Å². The molecule has 1 nitrogen and oxygen atoms in total. The lowest BCUT2D eigenvalue weighted by atomic mass is 10.00. The number of hydrogen-bond acceptors (Lipinski definition) is 1. The maximum Gasteiger partial charge on any atom is 0.0143 e. The molecule has 0 aromatic rings. The second-order valence-electron chi connectivity index (χ2n) is 4.55. The Kier molecular flexibility index (Phi) is 8.17. The maximum atomic E-state index is 4.07. The van der Waals surface area contributed by atoms with E-state index in [0.29, 0.717) is 5.92 Å². The van der Waals surface area contributed by atoms with E-state index in [1.807, 2.05) is 0 Å². The van der Waals surface area contributed by atoms with Crippen LogP contribution in [-0.4, -0.2) is 6.54 Å². The molecule has 0 saturated carbocycles. The monoisotopic (exact) mass is 209 g/mol. The molecule has 0 radical (unpaired) electrons. The highest BCUT2D eigenvalue weighted by Gasteiger charge is 2.01. The first-order chi connectivity index (χ1) is 7.07. The van der Waals surface area contributed by atoms with Crippen LogP contribution in [0, 0.1) is 5.92 Å². The van der Waals surface area contributed by atoms with Gasteiger partial charge < -0.3 is 5.32 Å². The maximum absolute atomic E-state index is 4.07. The average Bonchev–Trinajstić information content (AvgIpc) is 2.20. The second-order valence-corrected chi connectivity index (χ2v) is 4.55. The summed E-state index contributed by atoms with van der Waals surface area (Å²) in [5, 5.41) is 3.38. The number of unbranched alkanes of at least 4 members (excludes halogenated alkanes) is 2. The van der Waals surface area contributed by atoms with Gasteiger partial charge in [-0.1, -0.05) is 52.3 Å². The molecule has 1 heteroatoms. The van der Waals surface area contributed by atoms with Crippen LogP contribution in [0.2, 0.25) is 0 Å². The van der Waals surface area contributed by atoms with Crippen molar-refractivity contribution in [1.29, 1.82) is 0 Å². The van der Waals surface area contributed by atoms with Crippen molar-refractivity contribution in [2.75, 3.05) is 6.54 Å². The molecule has 0 aliphatic carbocycles. The Bertz CT molecular complexity index is 192. The standard InChI is InChI=1S/C14H27N/c1-6-7-8-11-15-14(5)10-9-13(4)12(2)3/h12,15H,4-11H2,1-3H3. The molecule has 88 valence electrons. The van der Waals surface area contributed by atoms with Gasteiger partial charge in [0.2, 0.25) is 0 Å². The first-order valence-corrected chi connectivity index (χ1v) is 6.17. The van der Waals surface area contributed by atoms with Gasteiger partial charge in [-0.25, -0.2) is 0 Å². The van der Waals surface area contributed by atoms with Gasteiger partial charge in [0.15, 0.2) is 0 Å². The van der Waals surface area contributed by atoms with Crippen molar-refractivity contribution < 1.29 is 0 Å². The molecular weight excluding hydrogens is 182 g/mol. The van der Waals surface area contributed by atoms with Crippen LogP contribution >= 0.6 is 0 Å². The van der Waals surface area contributed by atoms with Crippen LogP contribution in [-0.2, 0) is 0 Å². The largest absolute Gasteiger partial charge is 0.389 e. The summed E-state index contributed by atoms with van der Waals surface area (Å²) in [4.78, 5) is 0. The zero-order valence-electron chi connectivity index (χ0n) is 10.7. The highest BCUT2D eigenvalue weighted by Crippen LogP contribution is 2.15. The molecule has 0 fully saturated rings. The molecule has 0 bridgehead atoms. The molecule has 0 aromatic heterocycles. The minimum atomic E-state index is 0.595. The summed E-state index contributed by atoms with van der Waals surface area (Å²) in [6, 6.07) is 0. The molecule has 0 aromatic carbocycles. The van der Waals surface area contributed by atoms with Crippen LogP contribution in [0.1, 0.15) is 52.9 Å². The van der Waals surface area contributed by atoms with Crippen LogP contribution in [0.25, 0.3) is 0 Å². The van der Waals surface area contributed by atoms with Gasteiger partial charge in [0.05, 0.1) is 0 Å². The number of hydrogen-bond donors (Lipinski definition) is 1. The molecule has 0 heterocycles. The summed E-state index contributed by atoms with van der Waals surface area (Å²) >= 11 is 0. The molecule has 1 N–H and O–H groups in total. The zero-order chi connectivity index (χ0) is 11.7. The predicted molar refractivity (Wildman–Crippen MR) is 69.9 cm³/mol. The highest BCUT2D eigenvalue weighted by molar-refractivity contribution is 5.02. The summed E-state index contributed by atoms with van der Waals surface area (Å²) in [5.74, 6) is 0.595. The van der Waals surface area contributed by atoms with Crippen molar-refractivity contribution >= 4 is 0 Å². The van der Waals surface area contributed by atoms with Crippen LogP contribution in [0.5, 0.6) is 0 Å². The fraction of sp³-hybridized carbons (Fsp3) is 0.714. The lowest BCUT2D eigenvalue weighted by Crippen LogP contribution is -2.14. The second kappa shape index (κ2) is 8.58. The van der Waals surface area contributed by atoms with E-state index in [9.17, 15) is 0 Å². The van der Waals surface area contributed by atoms with E-state index in [2.05, 4.69) is 39.2 Å². The van der Waals surface area contributed by atoms with Gasteiger partial charge in [0.25, 0.3) is 0 Å². The van der Waals surface area contributed by atoms with Crippen molar-refractivity contribution in [3.63, 3.8) is 0 Å². The van der Waals surface area contributed by atoms with Crippen LogP contribution < -0.4 is 5.32 Å². The van der Waals surface area contributed by atoms with E-state index in [1.54, 1.807) is 0 Å². The normalized spacial score (nSPS) is 10.4. The fourth-order valence-corrected chi connectivity index (χ4v) is 1.33. The van der Waals surface area contributed by atoms with Crippen molar-refractivity contribution in [2.45, 2.75) is 52.9 Å². The summed E-state index contributed by atoms with van der Waals surface area (Å²) in [6.07, 6.45) is 5.93. The van der Waals surface area contributed by atoms with E-state index in [0.717, 1.165) is 25.1 Å². The number of nitrogens with one attached hydrogen (secondary N) is 1. The van der Waals surface area contributed by atoms with E-state index in [4.69, 9.17) is 0 Å². The van der Waals surface area contributed by atoms with Crippen molar-refractivity contribution in [2.24, 2.45) is 5.92 Å². The smallest absolute Gasteiger partial charge is 0.0143 e. The fourth-order valence-electron chi connectivity index (χ4n) is 1.33. The minimum absolute atomic E-state index is 0.595. The number of allylic oxidation sites excluding steroid dienone is 2. The van der Waals surface area contributed by atoms with Gasteiger partial charge in [-0.2, -0.15) is 0 Å². The first kappa shape index (κ1) is 14.3. The van der Waals surface area contributed by atoms with Gasteiger partial charge in [-0.3, -0.25) is 0 Å². The van der Waals surface area contributed by atoms with E-state index in [1.165, 1.54) is 24.8 Å². The van der Waals surface area contributed by atoms with Crippen LogP contribution in [0.3, 0.4) is 0 Å². The SMILES string of the molecule is C=C(CCC(=C)C(C)C)NCCCCC. The quantitative estimate of drug-likeness (QED) is 0.441. The van der Waals surface area contributed by atoms with E-state index >= 15 is 0 Å². The third-order valence-corrected chi connectivity index (χ3v) is 2.72. The molecule has 0 aliphatic heterocycles. The predicted octanol–water partition coefficient (Wildman–Crippen LogP) is 4.27. The Morgan fingerprint density at radius 1 is 1.13 bits per heavy atom. The van der Waals surface area contributed by atoms with Crippen molar-refractivity contribution in [3.05, 3.63) is 24.4 Å². The Labute approximate surface area is 95.7 Å². The molecule has 0 atom stereocenters. The molecule has 0 rings (SSSR count). The third-order valence-electron chi connectivity index (χ3n) is 2.72. The lowest BCUT2D eigenvalue weighted by Gasteiger charge is -2.12. The molecule has 0 spiro atoms. The Balaban J connectivity index is 3.45. The molecule has 0 saturated heterocycles. The Morgan fingerprint density at radius 3 is 2.33 bits per heavy atom. The molecule has 0 amide bonds.